The van der Waals surface area contributed by atoms with E-state index in [1.165, 1.54) is 12.1 Å². The summed E-state index contributed by atoms with van der Waals surface area (Å²) in [7, 11) is 0. The SMILES string of the molecule is CC(C)OCc1cccc(NC(=O)c2ccc(-c3ccc(F)cc3)o2)c1. The molecule has 26 heavy (non-hydrogen) atoms. The van der Waals surface area contributed by atoms with E-state index < -0.39 is 0 Å². The van der Waals surface area contributed by atoms with Crippen LogP contribution in [0.2, 0.25) is 0 Å². The molecule has 0 bridgehead atoms. The number of carbonyl (C=O) groups is 1. The molecule has 0 saturated carbocycles. The quantitative estimate of drug-likeness (QED) is 0.657. The summed E-state index contributed by atoms with van der Waals surface area (Å²) in [5.41, 5.74) is 2.35. The highest BCUT2D eigenvalue weighted by Gasteiger charge is 2.13. The molecule has 1 heterocycles. The Bertz CT molecular complexity index is 884. The predicted molar refractivity (Wildman–Crippen MR) is 98.4 cm³/mol. The highest BCUT2D eigenvalue weighted by Crippen LogP contribution is 2.23. The highest BCUT2D eigenvalue weighted by atomic mass is 19.1. The van der Waals surface area contributed by atoms with Crippen molar-refractivity contribution in [3.63, 3.8) is 0 Å². The molecule has 0 aliphatic heterocycles. The molecule has 5 heteroatoms. The first-order chi connectivity index (χ1) is 12.5. The van der Waals surface area contributed by atoms with Crippen LogP contribution in [0.4, 0.5) is 10.1 Å². The summed E-state index contributed by atoms with van der Waals surface area (Å²) in [5, 5.41) is 2.81. The molecule has 0 fully saturated rings. The smallest absolute Gasteiger partial charge is 0.291 e. The van der Waals surface area contributed by atoms with Crippen LogP contribution < -0.4 is 5.32 Å². The van der Waals surface area contributed by atoms with Crippen molar-refractivity contribution in [1.82, 2.24) is 0 Å². The van der Waals surface area contributed by atoms with Crippen LogP contribution in [0.25, 0.3) is 11.3 Å². The van der Waals surface area contributed by atoms with Crippen LogP contribution in [0.3, 0.4) is 0 Å². The number of hydrogen-bond acceptors (Lipinski definition) is 3. The lowest BCUT2D eigenvalue weighted by Gasteiger charge is -2.09. The van der Waals surface area contributed by atoms with Gasteiger partial charge in [0.15, 0.2) is 5.76 Å². The molecule has 1 N–H and O–H groups in total. The molecular formula is C21H20FNO3. The average molecular weight is 353 g/mol. The number of halogens is 1. The van der Waals surface area contributed by atoms with Gasteiger partial charge in [-0.2, -0.15) is 0 Å². The van der Waals surface area contributed by atoms with Crippen molar-refractivity contribution in [2.24, 2.45) is 0 Å². The summed E-state index contributed by atoms with van der Waals surface area (Å²) in [4.78, 5) is 12.4. The summed E-state index contributed by atoms with van der Waals surface area (Å²) >= 11 is 0. The van der Waals surface area contributed by atoms with Gasteiger partial charge >= 0.3 is 0 Å². The fraction of sp³-hybridized carbons (Fsp3) is 0.190. The monoisotopic (exact) mass is 353 g/mol. The summed E-state index contributed by atoms with van der Waals surface area (Å²) in [5.74, 6) is 0.0299. The number of ether oxygens (including phenoxy) is 1. The van der Waals surface area contributed by atoms with E-state index in [2.05, 4.69) is 5.32 Å². The van der Waals surface area contributed by atoms with Gasteiger partial charge in [0.2, 0.25) is 0 Å². The molecule has 0 saturated heterocycles. The van der Waals surface area contributed by atoms with Crippen LogP contribution >= 0.6 is 0 Å². The molecule has 0 aliphatic carbocycles. The van der Waals surface area contributed by atoms with E-state index in [-0.39, 0.29) is 23.6 Å². The van der Waals surface area contributed by atoms with Gasteiger partial charge < -0.3 is 14.5 Å². The first kappa shape index (κ1) is 17.9. The zero-order valence-electron chi connectivity index (χ0n) is 14.7. The fourth-order valence-corrected chi connectivity index (χ4v) is 2.42. The van der Waals surface area contributed by atoms with Gasteiger partial charge in [-0.1, -0.05) is 12.1 Å². The molecule has 0 radical (unpaired) electrons. The first-order valence-corrected chi connectivity index (χ1v) is 8.39. The number of benzene rings is 2. The van der Waals surface area contributed by atoms with Crippen LogP contribution in [0, 0.1) is 5.82 Å². The number of amides is 1. The van der Waals surface area contributed by atoms with E-state index in [4.69, 9.17) is 9.15 Å². The Morgan fingerprint density at radius 2 is 1.88 bits per heavy atom. The predicted octanol–water partition coefficient (Wildman–Crippen LogP) is 5.26. The van der Waals surface area contributed by atoms with Gasteiger partial charge in [-0.3, -0.25) is 4.79 Å². The topological polar surface area (TPSA) is 51.5 Å². The van der Waals surface area contributed by atoms with Gasteiger partial charge in [0, 0.05) is 11.3 Å². The molecule has 0 aliphatic rings. The molecule has 2 aromatic carbocycles. The molecule has 0 spiro atoms. The Kier molecular flexibility index (Phi) is 5.49. The van der Waals surface area contributed by atoms with Gasteiger partial charge in [-0.15, -0.1) is 0 Å². The van der Waals surface area contributed by atoms with Gasteiger partial charge in [0.05, 0.1) is 12.7 Å². The second-order valence-electron chi connectivity index (χ2n) is 6.19. The Labute approximate surface area is 151 Å². The molecule has 134 valence electrons. The third-order valence-corrected chi connectivity index (χ3v) is 3.73. The van der Waals surface area contributed by atoms with Gasteiger partial charge in [-0.25, -0.2) is 4.39 Å². The minimum Gasteiger partial charge on any atom is -0.451 e. The molecule has 1 aromatic heterocycles. The van der Waals surface area contributed by atoms with Crippen molar-refractivity contribution >= 4 is 11.6 Å². The van der Waals surface area contributed by atoms with Crippen molar-refractivity contribution in [1.29, 1.82) is 0 Å². The molecule has 3 aromatic rings. The van der Waals surface area contributed by atoms with E-state index in [1.807, 2.05) is 32.0 Å². The molecule has 4 nitrogen and oxygen atoms in total. The van der Waals surface area contributed by atoms with Gasteiger partial charge in [-0.05, 0) is 67.9 Å². The van der Waals surface area contributed by atoms with Crippen molar-refractivity contribution in [2.45, 2.75) is 26.6 Å². The van der Waals surface area contributed by atoms with Crippen LogP contribution in [0.15, 0.2) is 65.1 Å². The van der Waals surface area contributed by atoms with Crippen molar-refractivity contribution < 1.29 is 18.3 Å². The highest BCUT2D eigenvalue weighted by molar-refractivity contribution is 6.02. The molecule has 0 unspecified atom stereocenters. The van der Waals surface area contributed by atoms with Crippen LogP contribution in [0.5, 0.6) is 0 Å². The maximum Gasteiger partial charge on any atom is 0.291 e. The molecule has 3 rings (SSSR count). The number of anilines is 1. The minimum absolute atomic E-state index is 0.140. The Morgan fingerprint density at radius 1 is 1.12 bits per heavy atom. The minimum atomic E-state index is -0.347. The normalized spacial score (nSPS) is 10.9. The van der Waals surface area contributed by atoms with Crippen molar-refractivity contribution in [2.75, 3.05) is 5.32 Å². The summed E-state index contributed by atoms with van der Waals surface area (Å²) < 4.78 is 24.2. The second kappa shape index (κ2) is 7.97. The molecule has 1 amide bonds. The van der Waals surface area contributed by atoms with Gasteiger partial charge in [0.1, 0.15) is 11.6 Å². The lowest BCUT2D eigenvalue weighted by molar-refractivity contribution is 0.0657. The summed E-state index contributed by atoms with van der Waals surface area (Å²) in [6.45, 7) is 4.43. The fourth-order valence-electron chi connectivity index (χ4n) is 2.42. The Hall–Kier alpha value is -2.92. The van der Waals surface area contributed by atoms with Crippen molar-refractivity contribution in [3.8, 4) is 11.3 Å². The number of furan rings is 1. The average Bonchev–Trinajstić information content (AvgIpc) is 3.11. The zero-order chi connectivity index (χ0) is 18.5. The van der Waals surface area contributed by atoms with Crippen LogP contribution in [-0.2, 0) is 11.3 Å². The largest absolute Gasteiger partial charge is 0.451 e. The number of hydrogen-bond donors (Lipinski definition) is 1. The number of nitrogens with one attached hydrogen (secondary N) is 1. The first-order valence-electron chi connectivity index (χ1n) is 8.39. The standard InChI is InChI=1S/C21H20FNO3/c1-14(2)25-13-15-4-3-5-18(12-15)23-21(24)20-11-10-19(26-20)16-6-8-17(22)9-7-16/h3-12,14H,13H2,1-2H3,(H,23,24). The van der Waals surface area contributed by atoms with Crippen molar-refractivity contribution in [3.05, 3.63) is 77.8 Å². The van der Waals surface area contributed by atoms with E-state index in [9.17, 15) is 9.18 Å². The summed E-state index contributed by atoms with van der Waals surface area (Å²) in [6, 6.07) is 16.7. The van der Waals surface area contributed by atoms with E-state index >= 15 is 0 Å². The van der Waals surface area contributed by atoms with Crippen LogP contribution in [-0.4, -0.2) is 12.0 Å². The lowest BCUT2D eigenvalue weighted by atomic mass is 10.2. The van der Waals surface area contributed by atoms with Crippen LogP contribution in [0.1, 0.15) is 30.0 Å². The third kappa shape index (κ3) is 4.58. The van der Waals surface area contributed by atoms with E-state index in [0.29, 0.717) is 23.6 Å². The maximum atomic E-state index is 13.0. The Balaban J connectivity index is 1.69. The second-order valence-corrected chi connectivity index (χ2v) is 6.19. The van der Waals surface area contributed by atoms with E-state index in [1.54, 1.807) is 30.3 Å². The maximum absolute atomic E-state index is 13.0. The third-order valence-electron chi connectivity index (χ3n) is 3.73. The number of rotatable bonds is 6. The summed E-state index contributed by atoms with van der Waals surface area (Å²) in [6.07, 6.45) is 0.140. The number of carbonyl (C=O) groups excluding carboxylic acids is 1. The molecule has 0 atom stereocenters. The van der Waals surface area contributed by atoms with Gasteiger partial charge in [0.25, 0.3) is 5.91 Å². The van der Waals surface area contributed by atoms with E-state index in [0.717, 1.165) is 5.56 Å². The Morgan fingerprint density at radius 3 is 2.62 bits per heavy atom. The lowest BCUT2D eigenvalue weighted by Crippen LogP contribution is -2.11. The zero-order valence-corrected chi connectivity index (χ0v) is 14.7. The molecular weight excluding hydrogens is 333 g/mol.